The van der Waals surface area contributed by atoms with Crippen molar-refractivity contribution in [2.45, 2.75) is 38.3 Å². The molecule has 0 saturated carbocycles. The first-order valence-electron chi connectivity index (χ1n) is 9.13. The number of benzene rings is 2. The van der Waals surface area contributed by atoms with Crippen LogP contribution in [0.4, 0.5) is 0 Å². The van der Waals surface area contributed by atoms with Gasteiger partial charge >= 0.3 is 0 Å². The van der Waals surface area contributed by atoms with Gasteiger partial charge in [0, 0.05) is 28.7 Å². The van der Waals surface area contributed by atoms with E-state index in [1.165, 1.54) is 47.2 Å². The van der Waals surface area contributed by atoms with Gasteiger partial charge in [-0.3, -0.25) is 4.90 Å². The van der Waals surface area contributed by atoms with Crippen molar-refractivity contribution in [3.8, 4) is 0 Å². The van der Waals surface area contributed by atoms with E-state index in [0.717, 1.165) is 12.5 Å². The highest BCUT2D eigenvalue weighted by atomic mass is 32.1. The topological polar surface area (TPSA) is 3.24 Å². The molecule has 2 aliphatic heterocycles. The van der Waals surface area contributed by atoms with E-state index < -0.39 is 0 Å². The lowest BCUT2D eigenvalue weighted by Crippen LogP contribution is -2.45. The van der Waals surface area contributed by atoms with Gasteiger partial charge in [-0.15, -0.1) is 11.3 Å². The fourth-order valence-electron chi connectivity index (χ4n) is 4.61. The Kier molecular flexibility index (Phi) is 3.68. The molecule has 3 aromatic rings. The number of piperidine rings is 1. The molecule has 3 heterocycles. The van der Waals surface area contributed by atoms with Crippen LogP contribution in [0.15, 0.2) is 54.6 Å². The van der Waals surface area contributed by atoms with E-state index in [1.54, 1.807) is 11.1 Å². The second-order valence-corrected chi connectivity index (χ2v) is 8.62. The van der Waals surface area contributed by atoms with Crippen LogP contribution in [-0.4, -0.2) is 17.5 Å². The van der Waals surface area contributed by atoms with Gasteiger partial charge in [0.1, 0.15) is 0 Å². The molecule has 24 heavy (non-hydrogen) atoms. The van der Waals surface area contributed by atoms with Crippen LogP contribution in [0.25, 0.3) is 10.1 Å². The predicted octanol–water partition coefficient (Wildman–Crippen LogP) is 5.28. The van der Waals surface area contributed by atoms with Gasteiger partial charge in [0.05, 0.1) is 0 Å². The summed E-state index contributed by atoms with van der Waals surface area (Å²) >= 11 is 1.97. The lowest BCUT2D eigenvalue weighted by Gasteiger charge is -2.42. The first-order chi connectivity index (χ1) is 11.8. The second-order valence-electron chi connectivity index (χ2n) is 7.45. The van der Waals surface area contributed by atoms with E-state index in [4.69, 9.17) is 0 Å². The molecule has 1 nitrogen and oxygen atoms in total. The van der Waals surface area contributed by atoms with E-state index in [1.807, 2.05) is 11.3 Å². The fourth-order valence-corrected chi connectivity index (χ4v) is 5.70. The predicted molar refractivity (Wildman–Crippen MR) is 103 cm³/mol. The molecule has 3 aliphatic rings. The summed E-state index contributed by atoms with van der Waals surface area (Å²) in [4.78, 5) is 4.30. The van der Waals surface area contributed by atoms with Gasteiger partial charge in [-0.25, -0.2) is 0 Å². The Labute approximate surface area is 147 Å². The molecule has 122 valence electrons. The van der Waals surface area contributed by atoms with E-state index in [0.29, 0.717) is 6.04 Å². The molecule has 0 radical (unpaired) electrons. The standard InChI is InChI=1S/C22H23NS/c1-2-6-18-12-20-10-9-16(11-17(18)5-1)14-23(20)15-21-13-19-7-3-4-8-22(19)24-21/h1-8,13,16,20H,9-12,14-15H2/t16-,20+/m1/s1. The summed E-state index contributed by atoms with van der Waals surface area (Å²) < 4.78 is 1.43. The molecule has 0 amide bonds. The van der Waals surface area contributed by atoms with Crippen molar-refractivity contribution in [3.05, 3.63) is 70.6 Å². The van der Waals surface area contributed by atoms with Crippen molar-refractivity contribution >= 4 is 21.4 Å². The Bertz CT molecular complexity index is 832. The van der Waals surface area contributed by atoms with Crippen LogP contribution in [-0.2, 0) is 19.4 Å². The van der Waals surface area contributed by atoms with Crippen molar-refractivity contribution in [2.24, 2.45) is 5.92 Å². The van der Waals surface area contributed by atoms with Crippen LogP contribution in [0.5, 0.6) is 0 Å². The SMILES string of the molecule is c1ccc2c(c1)C[C@H]1CC[C@@H](C2)N(Cc2cc3ccccc3s2)C1. The summed E-state index contributed by atoms with van der Waals surface area (Å²) in [5.41, 5.74) is 3.20. The zero-order chi connectivity index (χ0) is 15.9. The quantitative estimate of drug-likeness (QED) is 0.616. The molecule has 1 aliphatic carbocycles. The maximum Gasteiger partial charge on any atom is 0.0346 e. The zero-order valence-corrected chi connectivity index (χ0v) is 14.8. The van der Waals surface area contributed by atoms with Crippen molar-refractivity contribution in [2.75, 3.05) is 6.54 Å². The summed E-state index contributed by atoms with van der Waals surface area (Å²) in [6.45, 7) is 2.40. The Morgan fingerprint density at radius 2 is 1.71 bits per heavy atom. The van der Waals surface area contributed by atoms with Gasteiger partial charge in [-0.05, 0) is 60.2 Å². The summed E-state index contributed by atoms with van der Waals surface area (Å²) in [6.07, 6.45) is 5.27. The number of hydrogen-bond donors (Lipinski definition) is 0. The second kappa shape index (κ2) is 6.02. The lowest BCUT2D eigenvalue weighted by molar-refractivity contribution is 0.0949. The molecule has 1 fully saturated rings. The van der Waals surface area contributed by atoms with E-state index in [-0.39, 0.29) is 0 Å². The highest BCUT2D eigenvalue weighted by Gasteiger charge is 2.31. The van der Waals surface area contributed by atoms with Gasteiger partial charge in [-0.1, -0.05) is 42.5 Å². The third-order valence-electron chi connectivity index (χ3n) is 5.84. The summed E-state index contributed by atoms with van der Waals surface area (Å²) in [5, 5.41) is 1.40. The molecular formula is C22H23NS. The van der Waals surface area contributed by atoms with Crippen molar-refractivity contribution in [1.29, 1.82) is 0 Å². The maximum atomic E-state index is 2.77. The van der Waals surface area contributed by atoms with Crippen molar-refractivity contribution in [3.63, 3.8) is 0 Å². The van der Waals surface area contributed by atoms with Crippen LogP contribution >= 0.6 is 11.3 Å². The Hall–Kier alpha value is -1.64. The highest BCUT2D eigenvalue weighted by molar-refractivity contribution is 7.19. The third-order valence-corrected chi connectivity index (χ3v) is 6.94. The molecule has 2 bridgehead atoms. The van der Waals surface area contributed by atoms with E-state index >= 15 is 0 Å². The molecular weight excluding hydrogens is 310 g/mol. The molecule has 1 saturated heterocycles. The molecule has 0 N–H and O–H groups in total. The smallest absolute Gasteiger partial charge is 0.0346 e. The summed E-state index contributed by atoms with van der Waals surface area (Å²) in [7, 11) is 0. The minimum Gasteiger partial charge on any atom is -0.295 e. The zero-order valence-electron chi connectivity index (χ0n) is 13.9. The minimum absolute atomic E-state index is 0.716. The third kappa shape index (κ3) is 2.68. The van der Waals surface area contributed by atoms with Gasteiger partial charge in [0.25, 0.3) is 0 Å². The molecule has 2 heteroatoms. The van der Waals surface area contributed by atoms with Gasteiger partial charge in [-0.2, -0.15) is 0 Å². The fraction of sp³-hybridized carbons (Fsp3) is 0.364. The molecule has 2 atom stereocenters. The van der Waals surface area contributed by atoms with Crippen molar-refractivity contribution in [1.82, 2.24) is 4.90 Å². The van der Waals surface area contributed by atoms with Crippen LogP contribution in [0, 0.1) is 5.92 Å². The van der Waals surface area contributed by atoms with Gasteiger partial charge in [0.15, 0.2) is 0 Å². The minimum atomic E-state index is 0.716. The average molecular weight is 334 g/mol. The highest BCUT2D eigenvalue weighted by Crippen LogP contribution is 2.34. The number of nitrogens with zero attached hydrogens (tertiary/aromatic N) is 1. The Balaban J connectivity index is 1.43. The number of fused-ring (bicyclic) bond motifs is 3. The van der Waals surface area contributed by atoms with Crippen LogP contribution < -0.4 is 0 Å². The monoisotopic (exact) mass is 333 g/mol. The largest absolute Gasteiger partial charge is 0.295 e. The molecule has 0 unspecified atom stereocenters. The van der Waals surface area contributed by atoms with Gasteiger partial charge < -0.3 is 0 Å². The van der Waals surface area contributed by atoms with E-state index in [9.17, 15) is 0 Å². The van der Waals surface area contributed by atoms with E-state index in [2.05, 4.69) is 59.5 Å². The van der Waals surface area contributed by atoms with Gasteiger partial charge in [0.2, 0.25) is 0 Å². The Morgan fingerprint density at radius 3 is 2.58 bits per heavy atom. The Morgan fingerprint density at radius 1 is 0.917 bits per heavy atom. The van der Waals surface area contributed by atoms with Crippen LogP contribution in [0.3, 0.4) is 0 Å². The molecule has 6 rings (SSSR count). The molecule has 2 aromatic carbocycles. The van der Waals surface area contributed by atoms with Crippen LogP contribution in [0.2, 0.25) is 0 Å². The summed E-state index contributed by atoms with van der Waals surface area (Å²) in [6, 6.07) is 21.0. The average Bonchev–Trinajstić information content (AvgIpc) is 2.98. The number of thiophene rings is 1. The van der Waals surface area contributed by atoms with Crippen molar-refractivity contribution < 1.29 is 0 Å². The first-order valence-corrected chi connectivity index (χ1v) is 9.95. The lowest BCUT2D eigenvalue weighted by atomic mass is 9.80. The summed E-state index contributed by atoms with van der Waals surface area (Å²) in [5.74, 6) is 0.831. The number of hydrogen-bond acceptors (Lipinski definition) is 2. The maximum absolute atomic E-state index is 2.77. The molecule has 0 spiro atoms. The van der Waals surface area contributed by atoms with Crippen LogP contribution in [0.1, 0.15) is 28.8 Å². The normalized spacial score (nSPS) is 23.8. The first kappa shape index (κ1) is 14.7. The molecule has 1 aromatic heterocycles. The number of rotatable bonds is 2.